The van der Waals surface area contributed by atoms with Crippen molar-refractivity contribution in [2.75, 3.05) is 5.32 Å². The lowest BCUT2D eigenvalue weighted by atomic mass is 10.1. The molecule has 0 aliphatic rings. The summed E-state index contributed by atoms with van der Waals surface area (Å²) in [6.45, 7) is 1.40. The molecule has 21 heavy (non-hydrogen) atoms. The van der Waals surface area contributed by atoms with Gasteiger partial charge in [-0.05, 0) is 18.2 Å². The van der Waals surface area contributed by atoms with E-state index in [1.165, 1.54) is 18.3 Å². The molecule has 1 heterocycles. The maximum absolute atomic E-state index is 11.3. The molecule has 0 saturated carbocycles. The molecule has 0 fully saturated rings. The highest BCUT2D eigenvalue weighted by atomic mass is 35.5. The first-order valence-electron chi connectivity index (χ1n) is 5.85. The van der Waals surface area contributed by atoms with Crippen LogP contribution in [-0.2, 0) is 4.79 Å². The summed E-state index contributed by atoms with van der Waals surface area (Å²) in [7, 11) is 0. The molecule has 0 aliphatic heterocycles. The van der Waals surface area contributed by atoms with Crippen LogP contribution in [0.4, 0.5) is 5.69 Å². The highest BCUT2D eigenvalue weighted by Gasteiger charge is 2.17. The van der Waals surface area contributed by atoms with Gasteiger partial charge in [0.1, 0.15) is 0 Å². The number of carbonyl (C=O) groups is 1. The maximum Gasteiger partial charge on any atom is 0.221 e. The molecule has 0 atom stereocenters. The number of nitrogens with one attached hydrogen (secondary N) is 1. The summed E-state index contributed by atoms with van der Waals surface area (Å²) in [6, 6.07) is 5.35. The van der Waals surface area contributed by atoms with Crippen molar-refractivity contribution < 1.29 is 4.79 Å². The summed E-state index contributed by atoms with van der Waals surface area (Å²) in [5.74, 6) is -0.237. The van der Waals surface area contributed by atoms with E-state index in [4.69, 9.17) is 46.4 Å². The monoisotopic (exact) mass is 377 g/mol. The predicted octanol–water partition coefficient (Wildman–Crippen LogP) is 6.63. The Morgan fingerprint density at radius 1 is 1.00 bits per heavy atom. The van der Waals surface area contributed by atoms with Gasteiger partial charge < -0.3 is 5.32 Å². The quantitative estimate of drug-likeness (QED) is 0.506. The van der Waals surface area contributed by atoms with E-state index in [-0.39, 0.29) is 5.91 Å². The Balaban J connectivity index is 2.42. The summed E-state index contributed by atoms with van der Waals surface area (Å²) in [5.41, 5.74) is 0.407. The van der Waals surface area contributed by atoms with E-state index in [1.54, 1.807) is 18.2 Å². The maximum atomic E-state index is 11.3. The molecular weight excluding hydrogens is 372 g/mol. The van der Waals surface area contributed by atoms with E-state index >= 15 is 0 Å². The largest absolute Gasteiger partial charge is 0.324 e. The second kappa shape index (κ2) is 5.49. The van der Waals surface area contributed by atoms with Gasteiger partial charge in [-0.25, -0.2) is 0 Å². The molecule has 2 nitrogen and oxygen atoms in total. The van der Waals surface area contributed by atoms with Crippen LogP contribution >= 0.6 is 57.7 Å². The van der Waals surface area contributed by atoms with Crippen LogP contribution in [-0.4, -0.2) is 5.91 Å². The Bertz CT molecular complexity index is 903. The SMILES string of the molecule is CC(=O)Nc1c(Cl)cc2sc3cc(Cl)c(Cl)cc3c2c1Cl. The second-order valence-electron chi connectivity index (χ2n) is 4.47. The Morgan fingerprint density at radius 3 is 2.29 bits per heavy atom. The molecule has 0 radical (unpaired) electrons. The van der Waals surface area contributed by atoms with Crippen LogP contribution in [0.2, 0.25) is 20.1 Å². The molecule has 1 aromatic heterocycles. The summed E-state index contributed by atoms with van der Waals surface area (Å²) in [5, 5.41) is 6.09. The Kier molecular flexibility index (Phi) is 3.97. The van der Waals surface area contributed by atoms with Crippen molar-refractivity contribution in [1.82, 2.24) is 0 Å². The first-order valence-corrected chi connectivity index (χ1v) is 8.18. The van der Waals surface area contributed by atoms with Crippen LogP contribution in [0.25, 0.3) is 20.2 Å². The Hall–Kier alpha value is -0.710. The molecule has 0 unspecified atom stereocenters. The van der Waals surface area contributed by atoms with Gasteiger partial charge in [-0.1, -0.05) is 46.4 Å². The van der Waals surface area contributed by atoms with E-state index in [1.807, 2.05) is 0 Å². The standard InChI is InChI=1S/C14H7Cl4NOS/c1-5(20)19-14-9(17)4-11-12(13(14)18)6-2-7(15)8(16)3-10(6)21-11/h2-4H,1H3,(H,19,20). The lowest BCUT2D eigenvalue weighted by Crippen LogP contribution is -2.06. The molecule has 2 aromatic carbocycles. The molecular formula is C14H7Cl4NOS. The molecule has 0 aliphatic carbocycles. The number of halogens is 4. The van der Waals surface area contributed by atoms with E-state index in [9.17, 15) is 4.79 Å². The van der Waals surface area contributed by atoms with Crippen molar-refractivity contribution in [2.24, 2.45) is 0 Å². The van der Waals surface area contributed by atoms with Gasteiger partial charge in [0.05, 0.1) is 25.8 Å². The van der Waals surface area contributed by atoms with Gasteiger partial charge in [-0.15, -0.1) is 11.3 Å². The zero-order valence-corrected chi connectivity index (χ0v) is 14.4. The molecule has 3 rings (SSSR count). The van der Waals surface area contributed by atoms with Crippen molar-refractivity contribution in [1.29, 1.82) is 0 Å². The van der Waals surface area contributed by atoms with Crippen LogP contribution in [0.5, 0.6) is 0 Å². The zero-order valence-electron chi connectivity index (χ0n) is 10.6. The smallest absolute Gasteiger partial charge is 0.221 e. The van der Waals surface area contributed by atoms with Crippen molar-refractivity contribution >= 4 is 89.5 Å². The highest BCUT2D eigenvalue weighted by molar-refractivity contribution is 7.26. The topological polar surface area (TPSA) is 29.1 Å². The van der Waals surface area contributed by atoms with Gasteiger partial charge >= 0.3 is 0 Å². The average molecular weight is 379 g/mol. The molecule has 3 aromatic rings. The minimum Gasteiger partial charge on any atom is -0.324 e. The molecule has 1 amide bonds. The number of rotatable bonds is 1. The number of anilines is 1. The molecule has 108 valence electrons. The minimum absolute atomic E-state index is 0.237. The van der Waals surface area contributed by atoms with Crippen molar-refractivity contribution in [2.45, 2.75) is 6.92 Å². The molecule has 0 saturated heterocycles. The van der Waals surface area contributed by atoms with Crippen molar-refractivity contribution in [3.8, 4) is 0 Å². The fourth-order valence-electron chi connectivity index (χ4n) is 2.15. The van der Waals surface area contributed by atoms with Crippen LogP contribution in [0, 0.1) is 0 Å². The third-order valence-electron chi connectivity index (χ3n) is 2.99. The molecule has 7 heteroatoms. The summed E-state index contributed by atoms with van der Waals surface area (Å²) in [6.07, 6.45) is 0. The molecule has 0 bridgehead atoms. The van der Waals surface area contributed by atoms with Crippen LogP contribution in [0.1, 0.15) is 6.92 Å². The fourth-order valence-corrected chi connectivity index (χ4v) is 4.49. The second-order valence-corrected chi connectivity index (χ2v) is 7.15. The first-order chi connectivity index (χ1) is 9.88. The first kappa shape index (κ1) is 15.2. The van der Waals surface area contributed by atoms with Gasteiger partial charge in [0, 0.05) is 27.1 Å². The van der Waals surface area contributed by atoms with Crippen molar-refractivity contribution in [3.63, 3.8) is 0 Å². The predicted molar refractivity (Wildman–Crippen MR) is 93.7 cm³/mol. The summed E-state index contributed by atoms with van der Waals surface area (Å²) < 4.78 is 1.87. The summed E-state index contributed by atoms with van der Waals surface area (Å²) >= 11 is 26.3. The van der Waals surface area contributed by atoms with Crippen LogP contribution in [0.15, 0.2) is 18.2 Å². The number of amides is 1. The van der Waals surface area contributed by atoms with Gasteiger partial charge in [0.2, 0.25) is 5.91 Å². The number of thiophene rings is 1. The van der Waals surface area contributed by atoms with Crippen LogP contribution in [0.3, 0.4) is 0 Å². The Labute approximate surface area is 144 Å². The number of hydrogen-bond donors (Lipinski definition) is 1. The van der Waals surface area contributed by atoms with E-state index in [0.29, 0.717) is 25.8 Å². The van der Waals surface area contributed by atoms with E-state index in [0.717, 1.165) is 20.2 Å². The summed E-state index contributed by atoms with van der Waals surface area (Å²) in [4.78, 5) is 11.3. The number of fused-ring (bicyclic) bond motifs is 3. The number of hydrogen-bond acceptors (Lipinski definition) is 2. The van der Waals surface area contributed by atoms with Crippen LogP contribution < -0.4 is 5.32 Å². The zero-order chi connectivity index (χ0) is 15.3. The van der Waals surface area contributed by atoms with Gasteiger partial charge in [-0.3, -0.25) is 4.79 Å². The third kappa shape index (κ3) is 2.58. The average Bonchev–Trinajstić information content (AvgIpc) is 2.72. The van der Waals surface area contributed by atoms with Gasteiger partial charge in [0.15, 0.2) is 0 Å². The number of carbonyl (C=O) groups excluding carboxylic acids is 1. The molecule has 0 spiro atoms. The molecule has 1 N–H and O–H groups in total. The fraction of sp³-hybridized carbons (Fsp3) is 0.0714. The highest BCUT2D eigenvalue weighted by Crippen LogP contribution is 2.46. The normalized spacial score (nSPS) is 11.3. The lowest BCUT2D eigenvalue weighted by molar-refractivity contribution is -0.114. The minimum atomic E-state index is -0.237. The number of benzene rings is 2. The lowest BCUT2D eigenvalue weighted by Gasteiger charge is -2.09. The third-order valence-corrected chi connectivity index (χ3v) is 5.49. The van der Waals surface area contributed by atoms with Gasteiger partial charge in [0.25, 0.3) is 0 Å². The van der Waals surface area contributed by atoms with Crippen molar-refractivity contribution in [3.05, 3.63) is 38.3 Å². The van der Waals surface area contributed by atoms with E-state index in [2.05, 4.69) is 5.32 Å². The Morgan fingerprint density at radius 2 is 1.62 bits per heavy atom. The van der Waals surface area contributed by atoms with Gasteiger partial charge in [-0.2, -0.15) is 0 Å². The van der Waals surface area contributed by atoms with E-state index < -0.39 is 0 Å².